The van der Waals surface area contributed by atoms with Crippen LogP contribution in [0.4, 0.5) is 5.82 Å². The lowest BCUT2D eigenvalue weighted by Crippen LogP contribution is -2.14. The van der Waals surface area contributed by atoms with Crippen LogP contribution in [-0.4, -0.2) is 33.0 Å². The van der Waals surface area contributed by atoms with Crippen LogP contribution in [0, 0.1) is 0 Å². The minimum Gasteiger partial charge on any atom is -0.497 e. The highest BCUT2D eigenvalue weighted by Gasteiger charge is 2.16. The summed E-state index contributed by atoms with van der Waals surface area (Å²) >= 11 is 0. The van der Waals surface area contributed by atoms with E-state index in [9.17, 15) is 4.79 Å². The predicted octanol–water partition coefficient (Wildman–Crippen LogP) is 3.45. The van der Waals surface area contributed by atoms with Crippen LogP contribution in [0.1, 0.15) is 5.56 Å². The average molecular weight is 373 g/mol. The Balaban J connectivity index is 1.67. The lowest BCUT2D eigenvalue weighted by Gasteiger charge is -2.05. The average Bonchev–Trinajstić information content (AvgIpc) is 3.39. The number of benzene rings is 2. The van der Waals surface area contributed by atoms with Gasteiger partial charge in [-0.1, -0.05) is 18.2 Å². The summed E-state index contributed by atoms with van der Waals surface area (Å²) in [5, 5.41) is 14.1. The molecule has 2 N–H and O–H groups in total. The summed E-state index contributed by atoms with van der Waals surface area (Å²) in [5.74, 6) is 1.18. The molecular weight excluding hydrogens is 354 g/mol. The maximum Gasteiger partial charge on any atom is 0.230 e. The topological polar surface area (TPSA) is 84.8 Å². The number of amides is 1. The van der Waals surface area contributed by atoms with Crippen molar-refractivity contribution in [1.82, 2.24) is 20.0 Å². The lowest BCUT2D eigenvalue weighted by molar-refractivity contribution is -0.115. The molecule has 0 bridgehead atoms. The zero-order valence-electron chi connectivity index (χ0n) is 15.3. The number of ether oxygens (including phenoxy) is 1. The van der Waals surface area contributed by atoms with Crippen molar-refractivity contribution in [3.05, 3.63) is 78.6 Å². The Morgan fingerprint density at radius 1 is 1.11 bits per heavy atom. The number of carbonyl (C=O) groups excluding carboxylic acids is 1. The first-order valence-electron chi connectivity index (χ1n) is 8.80. The van der Waals surface area contributed by atoms with Crippen LogP contribution in [0.25, 0.3) is 16.9 Å². The Morgan fingerprint density at radius 2 is 1.89 bits per heavy atom. The van der Waals surface area contributed by atoms with E-state index in [2.05, 4.69) is 15.5 Å². The fourth-order valence-corrected chi connectivity index (χ4v) is 2.94. The summed E-state index contributed by atoms with van der Waals surface area (Å²) in [5.41, 5.74) is 3.43. The van der Waals surface area contributed by atoms with Gasteiger partial charge in [-0.25, -0.2) is 4.68 Å². The Labute approximate surface area is 162 Å². The number of nitrogens with one attached hydrogen (secondary N) is 2. The largest absolute Gasteiger partial charge is 0.497 e. The first-order chi connectivity index (χ1) is 13.7. The lowest BCUT2D eigenvalue weighted by atomic mass is 10.1. The molecule has 0 aliphatic heterocycles. The summed E-state index contributed by atoms with van der Waals surface area (Å²) in [6, 6.07) is 19.1. The van der Waals surface area contributed by atoms with Gasteiger partial charge in [0.2, 0.25) is 5.91 Å². The molecule has 0 aliphatic carbocycles. The predicted molar refractivity (Wildman–Crippen MR) is 106 cm³/mol. The minimum absolute atomic E-state index is 0.147. The van der Waals surface area contributed by atoms with Crippen LogP contribution in [0.3, 0.4) is 0 Å². The molecule has 2 heterocycles. The molecule has 0 saturated heterocycles. The Morgan fingerprint density at radius 3 is 2.57 bits per heavy atom. The summed E-state index contributed by atoms with van der Waals surface area (Å²) in [4.78, 5) is 12.5. The van der Waals surface area contributed by atoms with Crippen molar-refractivity contribution < 1.29 is 9.53 Å². The number of carbonyl (C=O) groups is 1. The van der Waals surface area contributed by atoms with Crippen LogP contribution in [-0.2, 0) is 11.2 Å². The van der Waals surface area contributed by atoms with E-state index in [1.165, 1.54) is 0 Å². The fraction of sp³-hybridized carbons (Fsp3) is 0.0952. The smallest absolute Gasteiger partial charge is 0.230 e. The van der Waals surface area contributed by atoms with Gasteiger partial charge in [0.15, 0.2) is 0 Å². The van der Waals surface area contributed by atoms with E-state index in [1.54, 1.807) is 24.1 Å². The molecule has 140 valence electrons. The van der Waals surface area contributed by atoms with Crippen LogP contribution in [0.5, 0.6) is 5.75 Å². The van der Waals surface area contributed by atoms with Crippen molar-refractivity contribution in [1.29, 1.82) is 0 Å². The normalized spacial score (nSPS) is 10.6. The highest BCUT2D eigenvalue weighted by Crippen LogP contribution is 2.26. The highest BCUT2D eigenvalue weighted by atomic mass is 16.5. The third-order valence-electron chi connectivity index (χ3n) is 4.30. The number of para-hydroxylation sites is 1. The molecule has 0 fully saturated rings. The fourth-order valence-electron chi connectivity index (χ4n) is 2.94. The van der Waals surface area contributed by atoms with Crippen molar-refractivity contribution in [3.63, 3.8) is 0 Å². The molecule has 28 heavy (non-hydrogen) atoms. The molecule has 0 spiro atoms. The molecule has 7 nitrogen and oxygen atoms in total. The zero-order valence-corrected chi connectivity index (χ0v) is 15.3. The maximum absolute atomic E-state index is 12.5. The second kappa shape index (κ2) is 7.79. The van der Waals surface area contributed by atoms with Gasteiger partial charge in [-0.15, -0.1) is 0 Å². The van der Waals surface area contributed by atoms with Crippen molar-refractivity contribution >= 4 is 11.7 Å². The van der Waals surface area contributed by atoms with E-state index in [1.807, 2.05) is 60.8 Å². The van der Waals surface area contributed by atoms with Crippen molar-refractivity contribution in [2.24, 2.45) is 0 Å². The standard InChI is InChI=1S/C21H19N5O2/c1-28-18-9-7-15(8-10-18)21-16(13-20(27)23-19-11-12-22-24-19)14-26(25-21)17-5-3-2-4-6-17/h2-12,14H,13H2,1H3,(H2,22,23,24,27). The second-order valence-corrected chi connectivity index (χ2v) is 6.21. The van der Waals surface area contributed by atoms with Crippen molar-refractivity contribution in [2.45, 2.75) is 6.42 Å². The molecule has 0 atom stereocenters. The van der Waals surface area contributed by atoms with E-state index in [0.717, 1.165) is 28.3 Å². The highest BCUT2D eigenvalue weighted by molar-refractivity contribution is 5.92. The van der Waals surface area contributed by atoms with Gasteiger partial charge in [-0.05, 0) is 36.4 Å². The number of methoxy groups -OCH3 is 1. The summed E-state index contributed by atoms with van der Waals surface area (Å²) in [7, 11) is 1.63. The number of rotatable bonds is 6. The Hall–Kier alpha value is -3.87. The monoisotopic (exact) mass is 373 g/mol. The first kappa shape index (κ1) is 17.5. The van der Waals surface area contributed by atoms with Crippen LogP contribution < -0.4 is 10.1 Å². The van der Waals surface area contributed by atoms with Gasteiger partial charge >= 0.3 is 0 Å². The molecule has 2 aromatic heterocycles. The van der Waals surface area contributed by atoms with E-state index in [4.69, 9.17) is 9.84 Å². The summed E-state index contributed by atoms with van der Waals surface area (Å²) in [6.45, 7) is 0. The third-order valence-corrected chi connectivity index (χ3v) is 4.30. The zero-order chi connectivity index (χ0) is 19.3. The van der Waals surface area contributed by atoms with Gasteiger partial charge < -0.3 is 10.1 Å². The van der Waals surface area contributed by atoms with Gasteiger partial charge in [-0.2, -0.15) is 10.2 Å². The van der Waals surface area contributed by atoms with E-state index < -0.39 is 0 Å². The number of hydrogen-bond donors (Lipinski definition) is 2. The van der Waals surface area contributed by atoms with Crippen LogP contribution >= 0.6 is 0 Å². The van der Waals surface area contributed by atoms with Gasteiger partial charge in [0.1, 0.15) is 11.6 Å². The number of aromatic amines is 1. The molecule has 4 aromatic rings. The molecule has 0 unspecified atom stereocenters. The first-order valence-corrected chi connectivity index (χ1v) is 8.80. The third kappa shape index (κ3) is 3.78. The number of anilines is 1. The molecule has 0 aliphatic rings. The van der Waals surface area contributed by atoms with Crippen LogP contribution in [0.2, 0.25) is 0 Å². The molecule has 4 rings (SSSR count). The van der Waals surface area contributed by atoms with Gasteiger partial charge in [-0.3, -0.25) is 9.89 Å². The SMILES string of the molecule is COc1ccc(-c2nn(-c3ccccc3)cc2CC(=O)Nc2ccn[nH]2)cc1. The Bertz CT molecular complexity index is 1050. The van der Waals surface area contributed by atoms with Crippen molar-refractivity contribution in [3.8, 4) is 22.7 Å². The number of hydrogen-bond acceptors (Lipinski definition) is 4. The molecule has 0 saturated carbocycles. The number of H-pyrrole nitrogens is 1. The van der Waals surface area contributed by atoms with E-state index in [0.29, 0.717) is 5.82 Å². The maximum atomic E-state index is 12.5. The quantitative estimate of drug-likeness (QED) is 0.542. The van der Waals surface area contributed by atoms with E-state index >= 15 is 0 Å². The molecule has 0 radical (unpaired) electrons. The second-order valence-electron chi connectivity index (χ2n) is 6.21. The molecule has 1 amide bonds. The Kier molecular flexibility index (Phi) is 4.88. The molecular formula is C21H19N5O2. The molecule has 2 aromatic carbocycles. The minimum atomic E-state index is -0.147. The van der Waals surface area contributed by atoms with Gasteiger partial charge in [0.05, 0.1) is 31.1 Å². The summed E-state index contributed by atoms with van der Waals surface area (Å²) < 4.78 is 7.02. The van der Waals surface area contributed by atoms with E-state index in [-0.39, 0.29) is 12.3 Å². The summed E-state index contributed by atoms with van der Waals surface area (Å²) in [6.07, 6.45) is 3.67. The number of nitrogens with zero attached hydrogens (tertiary/aromatic N) is 3. The van der Waals surface area contributed by atoms with Crippen LogP contribution in [0.15, 0.2) is 73.1 Å². The van der Waals surface area contributed by atoms with Gasteiger partial charge in [0, 0.05) is 23.4 Å². The van der Waals surface area contributed by atoms with Gasteiger partial charge in [0.25, 0.3) is 0 Å². The number of aromatic nitrogens is 4. The molecule has 7 heteroatoms. The van der Waals surface area contributed by atoms with Crippen molar-refractivity contribution in [2.75, 3.05) is 12.4 Å².